The Labute approximate surface area is 104 Å². The highest BCUT2D eigenvalue weighted by molar-refractivity contribution is 9.10. The van der Waals surface area contributed by atoms with Gasteiger partial charge in [-0.15, -0.1) is 0 Å². The van der Waals surface area contributed by atoms with E-state index in [2.05, 4.69) is 25.9 Å². The molecule has 0 spiro atoms. The first-order valence-corrected chi connectivity index (χ1v) is 5.43. The molecule has 0 amide bonds. The van der Waals surface area contributed by atoms with Crippen LogP contribution >= 0.6 is 27.5 Å². The monoisotopic (exact) mass is 302 g/mol. The summed E-state index contributed by atoms with van der Waals surface area (Å²) in [6, 6.07) is 4.21. The average molecular weight is 304 g/mol. The first kappa shape index (κ1) is 11.3. The van der Waals surface area contributed by atoms with Gasteiger partial charge >= 0.3 is 6.01 Å². The summed E-state index contributed by atoms with van der Waals surface area (Å²) in [5.74, 6) is -0.0884. The number of ether oxygens (including phenoxy) is 1. The first-order chi connectivity index (χ1) is 7.65. The molecule has 0 aliphatic carbocycles. The van der Waals surface area contributed by atoms with Crippen LogP contribution in [0, 0.1) is 5.82 Å². The van der Waals surface area contributed by atoms with Crippen molar-refractivity contribution >= 4 is 27.5 Å². The molecule has 0 bridgehead atoms. The van der Waals surface area contributed by atoms with E-state index < -0.39 is 5.82 Å². The van der Waals surface area contributed by atoms with Crippen LogP contribution in [0.3, 0.4) is 0 Å². The van der Waals surface area contributed by atoms with Crippen molar-refractivity contribution in [3.05, 3.63) is 45.9 Å². The number of nitrogens with zero attached hydrogens (tertiary/aromatic N) is 2. The average Bonchev–Trinajstić information content (AvgIpc) is 2.27. The van der Waals surface area contributed by atoms with Crippen molar-refractivity contribution in [3.63, 3.8) is 0 Å². The summed E-state index contributed by atoms with van der Waals surface area (Å²) in [6.45, 7) is 0. The van der Waals surface area contributed by atoms with Gasteiger partial charge in [-0.05, 0) is 28.1 Å². The molecule has 0 radical (unpaired) electrons. The molecule has 2 aromatic rings. The molecule has 82 valence electrons. The molecule has 0 fully saturated rings. The Morgan fingerprint density at radius 2 is 1.94 bits per heavy atom. The Hall–Kier alpha value is -1.20. The number of hydrogen-bond acceptors (Lipinski definition) is 3. The highest BCUT2D eigenvalue weighted by atomic mass is 79.9. The van der Waals surface area contributed by atoms with Gasteiger partial charge in [0.05, 0.1) is 21.9 Å². The topological polar surface area (TPSA) is 35.0 Å². The Bertz CT molecular complexity index is 507. The second-order valence-corrected chi connectivity index (χ2v) is 4.15. The van der Waals surface area contributed by atoms with Gasteiger partial charge in [-0.2, -0.15) is 0 Å². The molecule has 0 saturated carbocycles. The Kier molecular flexibility index (Phi) is 3.36. The highest BCUT2D eigenvalue weighted by Gasteiger charge is 2.06. The molecule has 3 nitrogen and oxygen atoms in total. The van der Waals surface area contributed by atoms with E-state index >= 15 is 0 Å². The molecular formula is C10H5BrClFN2O. The zero-order valence-electron chi connectivity index (χ0n) is 7.82. The number of rotatable bonds is 2. The largest absolute Gasteiger partial charge is 0.423 e. The van der Waals surface area contributed by atoms with Crippen molar-refractivity contribution in [2.75, 3.05) is 0 Å². The minimum atomic E-state index is -0.396. The zero-order valence-corrected chi connectivity index (χ0v) is 10.2. The summed E-state index contributed by atoms with van der Waals surface area (Å²) in [5, 5.41) is 0.408. The van der Waals surface area contributed by atoms with Crippen LogP contribution in [0.15, 0.2) is 35.1 Å². The molecule has 0 N–H and O–H groups in total. The fourth-order valence-corrected chi connectivity index (χ4v) is 1.43. The van der Waals surface area contributed by atoms with Crippen LogP contribution in [0.2, 0.25) is 5.02 Å². The number of aromatic nitrogens is 2. The maximum absolute atomic E-state index is 13.0. The van der Waals surface area contributed by atoms with Crippen LogP contribution in [0.25, 0.3) is 0 Å². The van der Waals surface area contributed by atoms with E-state index in [9.17, 15) is 4.39 Å². The number of benzene rings is 1. The third kappa shape index (κ3) is 2.68. The summed E-state index contributed by atoms with van der Waals surface area (Å²) in [4.78, 5) is 7.67. The van der Waals surface area contributed by atoms with Gasteiger partial charge in [-0.3, -0.25) is 0 Å². The van der Waals surface area contributed by atoms with E-state index in [1.807, 2.05) is 0 Å². The van der Waals surface area contributed by atoms with E-state index in [-0.39, 0.29) is 6.01 Å². The normalized spacial score (nSPS) is 10.2. The van der Waals surface area contributed by atoms with Crippen molar-refractivity contribution in [1.29, 1.82) is 0 Å². The molecule has 16 heavy (non-hydrogen) atoms. The molecule has 0 aliphatic rings. The van der Waals surface area contributed by atoms with Gasteiger partial charge < -0.3 is 4.74 Å². The van der Waals surface area contributed by atoms with Gasteiger partial charge in [0.15, 0.2) is 0 Å². The van der Waals surface area contributed by atoms with Crippen LogP contribution < -0.4 is 4.74 Å². The van der Waals surface area contributed by atoms with Crippen molar-refractivity contribution in [1.82, 2.24) is 9.97 Å². The lowest BCUT2D eigenvalue weighted by Crippen LogP contribution is -1.92. The van der Waals surface area contributed by atoms with Gasteiger partial charge in [0.1, 0.15) is 11.6 Å². The van der Waals surface area contributed by atoms with Crippen LogP contribution in [0.5, 0.6) is 11.8 Å². The predicted molar refractivity (Wildman–Crippen MR) is 61.2 cm³/mol. The SMILES string of the molecule is Fc1ccc(Br)c(Oc2ncc(Cl)cn2)c1. The van der Waals surface area contributed by atoms with Gasteiger partial charge in [-0.1, -0.05) is 11.6 Å². The fourth-order valence-electron chi connectivity index (χ4n) is 1.01. The van der Waals surface area contributed by atoms with Crippen LogP contribution in [0.1, 0.15) is 0 Å². The highest BCUT2D eigenvalue weighted by Crippen LogP contribution is 2.28. The number of hydrogen-bond donors (Lipinski definition) is 0. The second kappa shape index (κ2) is 4.76. The summed E-state index contributed by atoms with van der Waals surface area (Å²) in [6.07, 6.45) is 2.80. The lowest BCUT2D eigenvalue weighted by atomic mass is 10.3. The Morgan fingerprint density at radius 3 is 2.62 bits per heavy atom. The maximum Gasteiger partial charge on any atom is 0.321 e. The molecule has 6 heteroatoms. The molecule has 0 unspecified atom stereocenters. The van der Waals surface area contributed by atoms with Crippen LogP contribution in [-0.4, -0.2) is 9.97 Å². The van der Waals surface area contributed by atoms with E-state index in [1.54, 1.807) is 6.07 Å². The minimum Gasteiger partial charge on any atom is -0.423 e. The maximum atomic E-state index is 13.0. The van der Waals surface area contributed by atoms with Crippen molar-refractivity contribution < 1.29 is 9.13 Å². The minimum absolute atomic E-state index is 0.107. The van der Waals surface area contributed by atoms with Crippen molar-refractivity contribution in [3.8, 4) is 11.8 Å². The molecule has 1 aromatic carbocycles. The van der Waals surface area contributed by atoms with Gasteiger partial charge in [0, 0.05) is 6.07 Å². The smallest absolute Gasteiger partial charge is 0.321 e. The zero-order chi connectivity index (χ0) is 11.5. The van der Waals surface area contributed by atoms with E-state index in [4.69, 9.17) is 16.3 Å². The molecule has 0 aliphatic heterocycles. The number of halogens is 3. The quantitative estimate of drug-likeness (QED) is 0.846. The lowest BCUT2D eigenvalue weighted by molar-refractivity contribution is 0.435. The predicted octanol–water partition coefficient (Wildman–Crippen LogP) is 3.82. The summed E-state index contributed by atoms with van der Waals surface area (Å²) in [5.41, 5.74) is 0. The first-order valence-electron chi connectivity index (χ1n) is 4.25. The molecule has 0 atom stereocenters. The molecule has 2 rings (SSSR count). The summed E-state index contributed by atoms with van der Waals surface area (Å²) < 4.78 is 18.8. The lowest BCUT2D eigenvalue weighted by Gasteiger charge is -2.05. The third-order valence-electron chi connectivity index (χ3n) is 1.69. The van der Waals surface area contributed by atoms with E-state index in [0.717, 1.165) is 0 Å². The van der Waals surface area contributed by atoms with Crippen LogP contribution in [0.4, 0.5) is 4.39 Å². The Balaban J connectivity index is 2.26. The van der Waals surface area contributed by atoms with Crippen molar-refractivity contribution in [2.45, 2.75) is 0 Å². The van der Waals surface area contributed by atoms with E-state index in [0.29, 0.717) is 15.2 Å². The van der Waals surface area contributed by atoms with Gasteiger partial charge in [-0.25, -0.2) is 14.4 Å². The standard InChI is InChI=1S/C10H5BrClFN2O/c11-8-2-1-7(13)3-9(8)16-10-14-4-6(12)5-15-10/h1-5H. The Morgan fingerprint density at radius 1 is 1.25 bits per heavy atom. The van der Waals surface area contributed by atoms with E-state index in [1.165, 1.54) is 24.5 Å². The third-order valence-corrected chi connectivity index (χ3v) is 2.54. The summed E-state index contributed by atoms with van der Waals surface area (Å²) >= 11 is 8.85. The van der Waals surface area contributed by atoms with Gasteiger partial charge in [0.2, 0.25) is 0 Å². The molecule has 1 aromatic heterocycles. The van der Waals surface area contributed by atoms with Crippen molar-refractivity contribution in [2.24, 2.45) is 0 Å². The molecule has 1 heterocycles. The summed E-state index contributed by atoms with van der Waals surface area (Å²) in [7, 11) is 0. The second-order valence-electron chi connectivity index (χ2n) is 2.86. The fraction of sp³-hybridized carbons (Fsp3) is 0. The van der Waals surface area contributed by atoms with Gasteiger partial charge in [0.25, 0.3) is 0 Å². The molecule has 0 saturated heterocycles. The van der Waals surface area contributed by atoms with Crippen LogP contribution in [-0.2, 0) is 0 Å². The molecular weight excluding hydrogens is 298 g/mol.